The van der Waals surface area contributed by atoms with Crippen molar-refractivity contribution in [3.05, 3.63) is 0 Å². The lowest BCUT2D eigenvalue weighted by Crippen LogP contribution is -2.56. The van der Waals surface area contributed by atoms with Crippen molar-refractivity contribution in [2.45, 2.75) is 64.5 Å². The molecule has 2 aliphatic rings. The van der Waals surface area contributed by atoms with Crippen LogP contribution in [0.1, 0.15) is 52.4 Å². The van der Waals surface area contributed by atoms with E-state index in [0.717, 1.165) is 25.8 Å². The molecule has 0 radical (unpaired) electrons. The van der Waals surface area contributed by atoms with Crippen LogP contribution in [-0.4, -0.2) is 66.8 Å². The molecule has 1 saturated carbocycles. The number of sulfonamides is 1. The third-order valence-electron chi connectivity index (χ3n) is 5.10. The smallest absolute Gasteiger partial charge is 0.214 e. The van der Waals surface area contributed by atoms with Crippen LogP contribution >= 0.6 is 0 Å². The molecule has 0 aromatic carbocycles. The molecule has 1 N–H and O–H groups in total. The van der Waals surface area contributed by atoms with Gasteiger partial charge in [-0.1, -0.05) is 26.2 Å². The maximum atomic E-state index is 12.7. The SMILES string of the molecule is CCC1CN(S(=O)(=O)CC2CCCCC2)CCN1CC(C)O. The topological polar surface area (TPSA) is 60.9 Å². The van der Waals surface area contributed by atoms with Gasteiger partial charge in [-0.2, -0.15) is 4.31 Å². The van der Waals surface area contributed by atoms with E-state index < -0.39 is 10.0 Å². The van der Waals surface area contributed by atoms with Gasteiger partial charge in [0, 0.05) is 32.2 Å². The summed E-state index contributed by atoms with van der Waals surface area (Å²) < 4.78 is 27.1. The molecule has 1 heterocycles. The second kappa shape index (κ2) is 8.08. The molecule has 5 nitrogen and oxygen atoms in total. The Morgan fingerprint density at radius 1 is 1.18 bits per heavy atom. The van der Waals surface area contributed by atoms with Crippen molar-refractivity contribution in [3.63, 3.8) is 0 Å². The number of hydrogen-bond acceptors (Lipinski definition) is 4. The summed E-state index contributed by atoms with van der Waals surface area (Å²) in [7, 11) is -3.13. The maximum Gasteiger partial charge on any atom is 0.214 e. The van der Waals surface area contributed by atoms with Crippen molar-refractivity contribution >= 4 is 10.0 Å². The fourth-order valence-electron chi connectivity index (χ4n) is 3.84. The van der Waals surface area contributed by atoms with Gasteiger partial charge in [0.25, 0.3) is 0 Å². The lowest BCUT2D eigenvalue weighted by atomic mass is 9.91. The molecule has 0 bridgehead atoms. The molecule has 2 fully saturated rings. The van der Waals surface area contributed by atoms with E-state index in [9.17, 15) is 13.5 Å². The number of rotatable bonds is 6. The third kappa shape index (κ3) is 4.91. The summed E-state index contributed by atoms with van der Waals surface area (Å²) in [5, 5.41) is 9.59. The highest BCUT2D eigenvalue weighted by Gasteiger charge is 2.34. The number of aliphatic hydroxyl groups is 1. The molecular formula is C16H32N2O3S. The van der Waals surface area contributed by atoms with Crippen molar-refractivity contribution in [3.8, 4) is 0 Å². The van der Waals surface area contributed by atoms with E-state index in [0.29, 0.717) is 31.3 Å². The molecule has 6 heteroatoms. The van der Waals surface area contributed by atoms with Gasteiger partial charge in [-0.3, -0.25) is 4.90 Å². The van der Waals surface area contributed by atoms with Crippen LogP contribution < -0.4 is 0 Å². The Hall–Kier alpha value is -0.170. The summed E-state index contributed by atoms with van der Waals surface area (Å²) in [6.45, 7) is 6.40. The van der Waals surface area contributed by atoms with Gasteiger partial charge in [0.1, 0.15) is 0 Å². The molecule has 130 valence electrons. The van der Waals surface area contributed by atoms with E-state index >= 15 is 0 Å². The second-order valence-electron chi connectivity index (χ2n) is 7.05. The molecular weight excluding hydrogens is 300 g/mol. The molecule has 1 aliphatic carbocycles. The first-order valence-electron chi connectivity index (χ1n) is 8.82. The minimum Gasteiger partial charge on any atom is -0.392 e. The average molecular weight is 333 g/mol. The van der Waals surface area contributed by atoms with Crippen LogP contribution in [0.5, 0.6) is 0 Å². The second-order valence-corrected chi connectivity index (χ2v) is 9.06. The molecule has 0 spiro atoms. The normalized spacial score (nSPS) is 27.9. The van der Waals surface area contributed by atoms with Gasteiger partial charge in [0.15, 0.2) is 0 Å². The van der Waals surface area contributed by atoms with Crippen LogP contribution in [0.15, 0.2) is 0 Å². The summed E-state index contributed by atoms with van der Waals surface area (Å²) in [5.41, 5.74) is 0. The molecule has 0 aromatic heterocycles. The highest BCUT2D eigenvalue weighted by atomic mass is 32.2. The van der Waals surface area contributed by atoms with E-state index in [-0.39, 0.29) is 12.1 Å². The van der Waals surface area contributed by atoms with Crippen LogP contribution in [0.2, 0.25) is 0 Å². The Morgan fingerprint density at radius 3 is 2.45 bits per heavy atom. The first kappa shape index (κ1) is 18.2. The number of piperazine rings is 1. The predicted octanol–water partition coefficient (Wildman–Crippen LogP) is 1.67. The molecule has 2 rings (SSSR count). The first-order valence-corrected chi connectivity index (χ1v) is 10.4. The zero-order chi connectivity index (χ0) is 16.2. The van der Waals surface area contributed by atoms with E-state index in [4.69, 9.17) is 0 Å². The molecule has 2 atom stereocenters. The zero-order valence-corrected chi connectivity index (χ0v) is 14.9. The van der Waals surface area contributed by atoms with Gasteiger partial charge in [-0.15, -0.1) is 0 Å². The summed E-state index contributed by atoms with van der Waals surface area (Å²) in [6, 6.07) is 0.226. The molecule has 22 heavy (non-hydrogen) atoms. The quantitative estimate of drug-likeness (QED) is 0.804. The summed E-state index contributed by atoms with van der Waals surface area (Å²) >= 11 is 0. The van der Waals surface area contributed by atoms with Crippen LogP contribution in [-0.2, 0) is 10.0 Å². The molecule has 1 saturated heterocycles. The van der Waals surface area contributed by atoms with E-state index in [1.807, 2.05) is 0 Å². The minimum atomic E-state index is -3.13. The fraction of sp³-hybridized carbons (Fsp3) is 1.00. The maximum absolute atomic E-state index is 12.7. The zero-order valence-electron chi connectivity index (χ0n) is 14.1. The minimum absolute atomic E-state index is 0.226. The van der Waals surface area contributed by atoms with Gasteiger partial charge in [0.2, 0.25) is 10.0 Å². The molecule has 0 aromatic rings. The average Bonchev–Trinajstić information content (AvgIpc) is 2.47. The Morgan fingerprint density at radius 2 is 1.86 bits per heavy atom. The summed E-state index contributed by atoms with van der Waals surface area (Å²) in [5.74, 6) is 0.689. The first-order chi connectivity index (χ1) is 10.4. The van der Waals surface area contributed by atoms with Crippen molar-refractivity contribution in [2.24, 2.45) is 5.92 Å². The predicted molar refractivity (Wildman–Crippen MR) is 89.3 cm³/mol. The Kier molecular flexibility index (Phi) is 6.68. The summed E-state index contributed by atoms with van der Waals surface area (Å²) in [4.78, 5) is 2.23. The van der Waals surface area contributed by atoms with Gasteiger partial charge in [-0.25, -0.2) is 8.42 Å². The summed E-state index contributed by atoms with van der Waals surface area (Å²) in [6.07, 6.45) is 6.31. The lowest BCUT2D eigenvalue weighted by Gasteiger charge is -2.41. The van der Waals surface area contributed by atoms with Crippen LogP contribution in [0.3, 0.4) is 0 Å². The molecule has 1 aliphatic heterocycles. The van der Waals surface area contributed by atoms with Gasteiger partial charge >= 0.3 is 0 Å². The fourth-order valence-corrected chi connectivity index (χ4v) is 5.74. The highest BCUT2D eigenvalue weighted by Crippen LogP contribution is 2.26. The van der Waals surface area contributed by atoms with Crippen molar-refractivity contribution < 1.29 is 13.5 Å². The molecule has 0 amide bonds. The van der Waals surface area contributed by atoms with E-state index in [1.54, 1.807) is 11.2 Å². The highest BCUT2D eigenvalue weighted by molar-refractivity contribution is 7.89. The number of nitrogens with zero attached hydrogens (tertiary/aromatic N) is 2. The Labute approximate surface area is 135 Å². The monoisotopic (exact) mass is 332 g/mol. The van der Waals surface area contributed by atoms with Crippen molar-refractivity contribution in [1.29, 1.82) is 0 Å². The number of β-amino-alcohol motifs (C(OH)–C–C–N with tert-alkyl or cyclic N) is 1. The number of aliphatic hydroxyl groups excluding tert-OH is 1. The lowest BCUT2D eigenvalue weighted by molar-refractivity contribution is 0.0612. The van der Waals surface area contributed by atoms with E-state index in [2.05, 4.69) is 11.8 Å². The van der Waals surface area contributed by atoms with Crippen molar-refractivity contribution in [1.82, 2.24) is 9.21 Å². The standard InChI is InChI=1S/C16H32N2O3S/c1-3-16-12-18(10-9-17(16)11-14(2)19)22(20,21)13-15-7-5-4-6-8-15/h14-16,19H,3-13H2,1-2H3. The van der Waals surface area contributed by atoms with Crippen LogP contribution in [0, 0.1) is 5.92 Å². The van der Waals surface area contributed by atoms with Crippen LogP contribution in [0.4, 0.5) is 0 Å². The van der Waals surface area contributed by atoms with Gasteiger partial charge in [-0.05, 0) is 32.1 Å². The Balaban J connectivity index is 1.94. The van der Waals surface area contributed by atoms with Crippen LogP contribution in [0.25, 0.3) is 0 Å². The van der Waals surface area contributed by atoms with Gasteiger partial charge < -0.3 is 5.11 Å². The molecule has 2 unspecified atom stereocenters. The Bertz CT molecular complexity index is 433. The number of hydrogen-bond donors (Lipinski definition) is 1. The largest absolute Gasteiger partial charge is 0.392 e. The third-order valence-corrected chi connectivity index (χ3v) is 7.11. The van der Waals surface area contributed by atoms with Crippen molar-refractivity contribution in [2.75, 3.05) is 31.9 Å². The van der Waals surface area contributed by atoms with E-state index in [1.165, 1.54) is 19.3 Å². The van der Waals surface area contributed by atoms with Gasteiger partial charge in [0.05, 0.1) is 11.9 Å².